The number of nitrogens with one attached hydrogen (secondary N) is 6. The fourth-order valence-corrected chi connectivity index (χ4v) is 17.5. The SMILES string of the molecule is C=CC(=O)Cl.C=CC(=O)Nc1ccc(C(=O)N2CCC[C@@H](Nc3ncc(SCc4ccncc4)s3)C2)cc1.CC(C)(C)OC(=O)Nc1ccc(C(=O)N2CCC[C@@H](Nc3ncc(SCc4ccncc4)s3)C2)cc1.CC(C)(C)OC(=O)Nc1ccc(C(=O)O)cc1.Nc1ccc(C(=O)N2CCC[C@@H](Nc3ncc(SCc4ccncc4)s3)C2)cc1. The molecule has 3 saturated heterocycles. The predicted molar refractivity (Wildman–Crippen MR) is 482 cm³/mol. The molecule has 0 radical (unpaired) electrons. The molecule has 13 rings (SSSR count). The number of aromatic nitrogens is 6. The van der Waals surface area contributed by atoms with E-state index in [-0.39, 0.29) is 47.3 Å². The Kier molecular flexibility index (Phi) is 36.3. The fourth-order valence-electron chi connectivity index (χ4n) is 11.7. The van der Waals surface area contributed by atoms with E-state index in [1.54, 1.807) is 188 Å². The number of nitrogen functional groups attached to an aromatic ring is 1. The number of anilines is 7. The second kappa shape index (κ2) is 47.0. The van der Waals surface area contributed by atoms with Gasteiger partial charge in [0.05, 0.1) is 36.8 Å². The lowest BCUT2D eigenvalue weighted by molar-refractivity contribution is -0.112. The number of halogens is 1. The van der Waals surface area contributed by atoms with E-state index in [0.29, 0.717) is 59.1 Å². The summed E-state index contributed by atoms with van der Waals surface area (Å²) < 4.78 is 13.8. The third-order valence-electron chi connectivity index (χ3n) is 17.4. The largest absolute Gasteiger partial charge is 0.478 e. The number of ether oxygens (including phenoxy) is 2. The minimum atomic E-state index is -1.01. The van der Waals surface area contributed by atoms with E-state index < -0.39 is 34.6 Å². The van der Waals surface area contributed by atoms with Crippen LogP contribution in [-0.2, 0) is 36.3 Å². The number of hydrogen-bond acceptors (Lipinski definition) is 26. The van der Waals surface area contributed by atoms with E-state index in [9.17, 15) is 38.4 Å². The van der Waals surface area contributed by atoms with Crippen molar-refractivity contribution < 1.29 is 52.9 Å². The van der Waals surface area contributed by atoms with Crippen LogP contribution in [0.3, 0.4) is 0 Å². The van der Waals surface area contributed by atoms with E-state index in [0.717, 1.165) is 105 Å². The summed E-state index contributed by atoms with van der Waals surface area (Å²) in [6, 6.07) is 39.5. The standard InChI is InChI=1S/C26H31N5O3S2.C24H25N5O2S2.C21H23N5OS2.C12H15NO4.C3H3ClO/c1-26(2,3)34-25(33)30-20-8-6-19(7-9-20)23(32)31-14-4-5-21(16-31)29-24-28-15-22(36-24)35-17-18-10-12-27-13-11-18;1-2-21(30)27-19-7-5-18(6-8-19)23(31)29-13-3-4-20(15-29)28-24-26-14-22(33-24)32-16-17-9-11-25-12-10-17;22-17-5-3-16(4-6-17)20(27)26-11-1-2-18(13-26)25-21-24-12-19(29-21)28-14-15-7-9-23-10-8-15;1-12(2,3)17-11(16)13-9-6-4-8(5-7-9)10(14)15;1-2-3(4)5/h6-13,15,21H,4-5,14,16-17H2,1-3H3,(H,28,29)(H,30,33);2,5-12,14,20H,1,3-4,13,15-16H2,(H,26,28)(H,27,30);3-10,12,18H,1-2,11,13-14,22H2,(H,24,25);4-7H,1-3H3,(H,13,16)(H,14,15);2H,1H2/t21-;20-;18-;;/m111../s1. The number of piperidine rings is 3. The molecule has 0 spiro atoms. The van der Waals surface area contributed by atoms with Gasteiger partial charge in [0, 0.05) is 151 Å². The maximum atomic E-state index is 13.1. The van der Waals surface area contributed by atoms with Gasteiger partial charge in [0.25, 0.3) is 17.7 Å². The first kappa shape index (κ1) is 92.7. The molecular weight excluding hydrogens is 1660 g/mol. The van der Waals surface area contributed by atoms with E-state index >= 15 is 0 Å². The zero-order valence-electron chi connectivity index (χ0n) is 67.3. The molecule has 3 atom stereocenters. The predicted octanol–water partition coefficient (Wildman–Crippen LogP) is 18.4. The first-order chi connectivity index (χ1) is 57.6. The number of thioether (sulfide) groups is 3. The first-order valence-corrected chi connectivity index (χ1v) is 44.1. The van der Waals surface area contributed by atoms with Crippen LogP contribution >= 0.6 is 80.9 Å². The van der Waals surface area contributed by atoms with Crippen molar-refractivity contribution in [3.63, 3.8) is 0 Å². The van der Waals surface area contributed by atoms with E-state index in [1.165, 1.54) is 51.2 Å². The van der Waals surface area contributed by atoms with Gasteiger partial charge >= 0.3 is 18.2 Å². The summed E-state index contributed by atoms with van der Waals surface area (Å²) >= 11 is 14.9. The van der Waals surface area contributed by atoms with Crippen LogP contribution in [0, 0.1) is 0 Å². The third-order valence-corrected chi connectivity index (χ3v) is 24.1. The van der Waals surface area contributed by atoms with Gasteiger partial charge in [-0.25, -0.2) is 29.3 Å². The van der Waals surface area contributed by atoms with Gasteiger partial charge in [0.15, 0.2) is 15.4 Å². The summed E-state index contributed by atoms with van der Waals surface area (Å²) in [6.45, 7) is 21.4. The van der Waals surface area contributed by atoms with Gasteiger partial charge in [-0.2, -0.15) is 0 Å². The van der Waals surface area contributed by atoms with E-state index in [1.807, 2.05) is 103 Å². The van der Waals surface area contributed by atoms with Gasteiger partial charge in [-0.3, -0.25) is 49.6 Å². The van der Waals surface area contributed by atoms with Gasteiger partial charge < -0.3 is 56.3 Å². The number of nitrogens with zero attached hydrogens (tertiary/aromatic N) is 9. The summed E-state index contributed by atoms with van der Waals surface area (Å²) in [5.74, 6) is 1.41. The average Bonchev–Trinajstić information content (AvgIpc) is 0.953. The molecule has 27 nitrogen and oxygen atoms in total. The van der Waals surface area contributed by atoms with Crippen molar-refractivity contribution >= 4 is 166 Å². The maximum absolute atomic E-state index is 13.1. The number of rotatable bonds is 24. The van der Waals surface area contributed by atoms with Gasteiger partial charge in [0.1, 0.15) is 11.2 Å². The Labute approximate surface area is 728 Å². The Bertz CT molecular complexity index is 4990. The number of allylic oxidation sites excluding steroid dienone is 1. The molecular formula is C86H97ClN16O11S6. The van der Waals surface area contributed by atoms with Gasteiger partial charge in [-0.1, -0.05) is 47.2 Å². The number of carbonyl (C=O) groups excluding carboxylic acids is 7. The number of nitrogens with two attached hydrogens (primary N) is 1. The van der Waals surface area contributed by atoms with Crippen molar-refractivity contribution in [2.45, 2.75) is 139 Å². The molecule has 9 heterocycles. The highest BCUT2D eigenvalue weighted by Crippen LogP contribution is 2.35. The van der Waals surface area contributed by atoms with Crippen molar-refractivity contribution in [1.29, 1.82) is 0 Å². The summed E-state index contributed by atoms with van der Waals surface area (Å²) in [5.41, 5.74) is 12.7. The molecule has 34 heteroatoms. The highest BCUT2D eigenvalue weighted by molar-refractivity contribution is 8.01. The lowest BCUT2D eigenvalue weighted by atomic mass is 10.0. The van der Waals surface area contributed by atoms with E-state index in [4.69, 9.17) is 31.9 Å². The number of benzene rings is 4. The summed E-state index contributed by atoms with van der Waals surface area (Å²) in [4.78, 5) is 125. The van der Waals surface area contributed by atoms with Crippen molar-refractivity contribution in [1.82, 2.24) is 44.6 Å². The molecule has 0 bridgehead atoms. The zero-order chi connectivity index (χ0) is 86.0. The monoisotopic (exact) mass is 1760 g/mol. The molecule has 3 fully saturated rings. The number of likely N-dealkylation sites (tertiary alicyclic amines) is 3. The van der Waals surface area contributed by atoms with Gasteiger partial charge in [-0.15, -0.1) is 35.3 Å². The number of amides is 6. The smallest absolute Gasteiger partial charge is 0.412 e. The lowest BCUT2D eigenvalue weighted by Gasteiger charge is -2.33. The normalized spacial score (nSPS) is 14.9. The van der Waals surface area contributed by atoms with Crippen LogP contribution in [0.5, 0.6) is 0 Å². The van der Waals surface area contributed by atoms with Crippen molar-refractivity contribution in [2.75, 3.05) is 76.9 Å². The number of hydrogen-bond donors (Lipinski definition) is 8. The second-order valence-electron chi connectivity index (χ2n) is 29.2. The van der Waals surface area contributed by atoms with Gasteiger partial charge in [0.2, 0.25) is 11.1 Å². The molecule has 3 aliphatic rings. The Morgan fingerprint density at radius 2 is 0.758 bits per heavy atom. The van der Waals surface area contributed by atoms with Crippen LogP contribution in [-0.4, -0.2) is 165 Å². The third kappa shape index (κ3) is 32.8. The molecule has 0 saturated carbocycles. The number of carbonyl (C=O) groups is 8. The summed E-state index contributed by atoms with van der Waals surface area (Å²) in [6.07, 6.45) is 23.6. The van der Waals surface area contributed by atoms with Crippen molar-refractivity contribution in [3.8, 4) is 0 Å². The van der Waals surface area contributed by atoms with Gasteiger partial charge in [-0.05, 0) is 254 Å². The first-order valence-electron chi connectivity index (χ1n) is 38.3. The molecule has 10 aromatic rings. The number of carboxylic acids is 1. The molecule has 6 amide bonds. The molecule has 9 N–H and O–H groups in total. The van der Waals surface area contributed by atoms with Crippen LogP contribution in [0.15, 0.2) is 227 Å². The molecule has 3 aliphatic heterocycles. The molecule has 630 valence electrons. The quantitative estimate of drug-likeness (QED) is 0.0121. The number of carboxylic acid groups (broad SMARTS) is 1. The van der Waals surface area contributed by atoms with Crippen LogP contribution in [0.4, 0.5) is 47.7 Å². The number of aromatic carboxylic acids is 1. The number of thiazole rings is 3. The van der Waals surface area contributed by atoms with Crippen molar-refractivity contribution in [3.05, 3.63) is 253 Å². The Balaban J connectivity index is 0.000000183. The lowest BCUT2D eigenvalue weighted by Crippen LogP contribution is -2.45. The highest BCUT2D eigenvalue weighted by Gasteiger charge is 2.29. The average molecular weight is 1760 g/mol. The molecule has 120 heavy (non-hydrogen) atoms. The Hall–Kier alpha value is -11.2. The van der Waals surface area contributed by atoms with Crippen LogP contribution < -0.4 is 37.6 Å². The van der Waals surface area contributed by atoms with Crippen molar-refractivity contribution in [2.24, 2.45) is 0 Å². The topological polar surface area (TPSA) is 361 Å². The summed E-state index contributed by atoms with van der Waals surface area (Å²) in [7, 11) is 0. The van der Waals surface area contributed by atoms with Crippen LogP contribution in [0.2, 0.25) is 0 Å². The molecule has 0 unspecified atom stereocenters. The zero-order valence-corrected chi connectivity index (χ0v) is 72.9. The Morgan fingerprint density at radius 3 is 1.04 bits per heavy atom. The minimum Gasteiger partial charge on any atom is -0.478 e. The minimum absolute atomic E-state index is 0.00386. The van der Waals surface area contributed by atoms with Crippen LogP contribution in [0.25, 0.3) is 0 Å². The maximum Gasteiger partial charge on any atom is 0.412 e. The fraction of sp³-hybridized carbons (Fsp3) is 0.302. The van der Waals surface area contributed by atoms with Crippen LogP contribution in [0.1, 0.15) is 138 Å². The second-order valence-corrected chi connectivity index (χ2v) is 36.5. The molecule has 4 aromatic carbocycles. The summed E-state index contributed by atoms with van der Waals surface area (Å²) in [5, 5.41) is 29.3. The molecule has 0 aliphatic carbocycles. The highest BCUT2D eigenvalue weighted by atomic mass is 35.5. The Morgan fingerprint density at radius 1 is 0.467 bits per heavy atom. The number of pyridine rings is 3. The molecule has 6 aromatic heterocycles. The van der Waals surface area contributed by atoms with E-state index in [2.05, 4.69) is 75.0 Å².